The normalized spacial score (nSPS) is 13.2. The van der Waals surface area contributed by atoms with Gasteiger partial charge in [0, 0.05) is 4.47 Å². The highest BCUT2D eigenvalue weighted by molar-refractivity contribution is 9.10. The Kier molecular flexibility index (Phi) is 5.24. The van der Waals surface area contributed by atoms with Crippen LogP contribution in [0.4, 0.5) is 0 Å². The van der Waals surface area contributed by atoms with Crippen molar-refractivity contribution < 1.29 is 9.53 Å². The van der Waals surface area contributed by atoms with Gasteiger partial charge in [0.05, 0.1) is 12.2 Å². The summed E-state index contributed by atoms with van der Waals surface area (Å²) in [6, 6.07) is 8.09. The van der Waals surface area contributed by atoms with Crippen molar-refractivity contribution in [2.45, 2.75) is 46.3 Å². The van der Waals surface area contributed by atoms with Crippen LogP contribution in [0.5, 0.6) is 0 Å². The van der Waals surface area contributed by atoms with Gasteiger partial charge in [-0.25, -0.2) is 9.48 Å². The molecular formula is C17H22BrN3O2. The number of esters is 1. The monoisotopic (exact) mass is 379 g/mol. The van der Waals surface area contributed by atoms with Crippen LogP contribution in [0.25, 0.3) is 0 Å². The molecular weight excluding hydrogens is 358 g/mol. The highest BCUT2D eigenvalue weighted by Crippen LogP contribution is 2.27. The first-order chi connectivity index (χ1) is 10.7. The summed E-state index contributed by atoms with van der Waals surface area (Å²) in [5, 5.41) is 8.12. The Bertz CT molecular complexity index is 672. The molecule has 0 unspecified atom stereocenters. The fourth-order valence-electron chi connectivity index (χ4n) is 2.34. The molecule has 6 heteroatoms. The van der Waals surface area contributed by atoms with Crippen molar-refractivity contribution in [1.82, 2.24) is 15.0 Å². The first kappa shape index (κ1) is 17.7. The minimum Gasteiger partial charge on any atom is -0.455 e. The molecule has 0 fully saturated rings. The van der Waals surface area contributed by atoms with Crippen LogP contribution < -0.4 is 0 Å². The van der Waals surface area contributed by atoms with E-state index in [1.54, 1.807) is 10.9 Å². The Morgan fingerprint density at radius 3 is 2.35 bits per heavy atom. The lowest BCUT2D eigenvalue weighted by Gasteiger charge is -2.21. The third-order valence-electron chi connectivity index (χ3n) is 3.25. The van der Waals surface area contributed by atoms with Gasteiger partial charge >= 0.3 is 5.97 Å². The van der Waals surface area contributed by atoms with Crippen molar-refractivity contribution in [3.63, 3.8) is 0 Å². The maximum Gasteiger partial charge on any atom is 0.361 e. The number of carbonyl (C=O) groups excluding carboxylic acids is 1. The molecule has 0 amide bonds. The first-order valence-electron chi connectivity index (χ1n) is 7.58. The minimum absolute atomic E-state index is 0.00628. The van der Waals surface area contributed by atoms with Gasteiger partial charge in [0.1, 0.15) is 5.60 Å². The summed E-state index contributed by atoms with van der Waals surface area (Å²) >= 11 is 3.44. The third-order valence-corrected chi connectivity index (χ3v) is 3.77. The van der Waals surface area contributed by atoms with E-state index in [9.17, 15) is 4.79 Å². The Labute approximate surface area is 145 Å². The van der Waals surface area contributed by atoms with Gasteiger partial charge in [0.2, 0.25) is 0 Å². The average Bonchev–Trinajstić information content (AvgIpc) is 2.88. The van der Waals surface area contributed by atoms with Crippen LogP contribution in [-0.2, 0) is 4.74 Å². The van der Waals surface area contributed by atoms with E-state index in [-0.39, 0.29) is 11.7 Å². The minimum atomic E-state index is -0.552. The topological polar surface area (TPSA) is 57.0 Å². The molecule has 1 heterocycles. The highest BCUT2D eigenvalue weighted by Gasteiger charge is 2.24. The van der Waals surface area contributed by atoms with E-state index < -0.39 is 11.6 Å². The molecule has 2 rings (SSSR count). The van der Waals surface area contributed by atoms with Gasteiger partial charge in [-0.1, -0.05) is 47.1 Å². The van der Waals surface area contributed by atoms with Crippen LogP contribution in [-0.4, -0.2) is 26.6 Å². The van der Waals surface area contributed by atoms with E-state index in [4.69, 9.17) is 4.74 Å². The van der Waals surface area contributed by atoms with Crippen LogP contribution in [0.3, 0.4) is 0 Å². The lowest BCUT2D eigenvalue weighted by Crippen LogP contribution is -2.24. The molecule has 0 aliphatic heterocycles. The number of benzene rings is 1. The molecule has 124 valence electrons. The summed E-state index contributed by atoms with van der Waals surface area (Å²) in [7, 11) is 0. The summed E-state index contributed by atoms with van der Waals surface area (Å²) in [6.45, 7) is 9.71. The molecule has 23 heavy (non-hydrogen) atoms. The van der Waals surface area contributed by atoms with Crippen LogP contribution in [0.15, 0.2) is 34.9 Å². The Morgan fingerprint density at radius 2 is 1.83 bits per heavy atom. The Morgan fingerprint density at radius 1 is 1.22 bits per heavy atom. The lowest BCUT2D eigenvalue weighted by molar-refractivity contribution is 0.00627. The smallest absolute Gasteiger partial charge is 0.361 e. The van der Waals surface area contributed by atoms with Gasteiger partial charge in [-0.3, -0.25) is 0 Å². The largest absolute Gasteiger partial charge is 0.455 e. The van der Waals surface area contributed by atoms with Crippen molar-refractivity contribution in [3.05, 3.63) is 46.2 Å². The van der Waals surface area contributed by atoms with Crippen LogP contribution in [0.2, 0.25) is 0 Å². The predicted octanol–water partition coefficient (Wildman–Crippen LogP) is 4.24. The second kappa shape index (κ2) is 6.83. The third kappa shape index (κ3) is 4.64. The molecule has 0 saturated carbocycles. The second-order valence-electron chi connectivity index (χ2n) is 6.83. The molecule has 1 atom stereocenters. The number of aromatic nitrogens is 3. The summed E-state index contributed by atoms with van der Waals surface area (Å²) in [6.07, 6.45) is 1.65. The standard InChI is InChI=1S/C17H22BrN3O2/c1-11(2)15(12-6-8-13(18)9-7-12)21-10-14(19-20-21)16(22)23-17(3,4)5/h6-11,15H,1-5H3/t15-/m1/s1. The number of rotatable bonds is 4. The zero-order chi connectivity index (χ0) is 17.2. The fourth-order valence-corrected chi connectivity index (χ4v) is 2.60. The molecule has 1 aromatic carbocycles. The maximum absolute atomic E-state index is 12.1. The van der Waals surface area contributed by atoms with Crippen LogP contribution in [0, 0.1) is 5.92 Å². The molecule has 0 saturated heterocycles. The molecule has 5 nitrogen and oxygen atoms in total. The molecule has 0 aliphatic rings. The van der Waals surface area contributed by atoms with Gasteiger partial charge in [-0.15, -0.1) is 5.10 Å². The van der Waals surface area contributed by atoms with Crippen molar-refractivity contribution in [1.29, 1.82) is 0 Å². The molecule has 1 aromatic heterocycles. The Balaban J connectivity index is 2.28. The van der Waals surface area contributed by atoms with E-state index in [0.717, 1.165) is 10.0 Å². The summed E-state index contributed by atoms with van der Waals surface area (Å²) in [5.74, 6) is -0.161. The molecule has 2 aromatic rings. The molecule has 0 N–H and O–H groups in total. The van der Waals surface area contributed by atoms with E-state index >= 15 is 0 Å². The zero-order valence-corrected chi connectivity index (χ0v) is 15.7. The van der Waals surface area contributed by atoms with Gasteiger partial charge < -0.3 is 4.74 Å². The number of hydrogen-bond acceptors (Lipinski definition) is 4. The van der Waals surface area contributed by atoms with E-state index in [2.05, 4.69) is 40.1 Å². The molecule has 0 bridgehead atoms. The maximum atomic E-state index is 12.1. The zero-order valence-electron chi connectivity index (χ0n) is 14.1. The van der Waals surface area contributed by atoms with Crippen molar-refractivity contribution in [2.75, 3.05) is 0 Å². The molecule has 0 radical (unpaired) electrons. The average molecular weight is 380 g/mol. The Hall–Kier alpha value is -1.69. The SMILES string of the molecule is CC(C)[C@H](c1ccc(Br)cc1)n1cc(C(=O)OC(C)(C)C)nn1. The van der Waals surface area contributed by atoms with Crippen molar-refractivity contribution in [2.24, 2.45) is 5.92 Å². The second-order valence-corrected chi connectivity index (χ2v) is 7.74. The number of halogens is 1. The summed E-state index contributed by atoms with van der Waals surface area (Å²) in [5.41, 5.74) is 0.788. The number of carbonyl (C=O) groups is 1. The molecule has 0 spiro atoms. The predicted molar refractivity (Wildman–Crippen MR) is 92.3 cm³/mol. The fraction of sp³-hybridized carbons (Fsp3) is 0.471. The van der Waals surface area contributed by atoms with E-state index in [1.165, 1.54) is 0 Å². The van der Waals surface area contributed by atoms with Gasteiger partial charge in [-0.2, -0.15) is 0 Å². The molecule has 0 aliphatic carbocycles. The number of nitrogens with zero attached hydrogens (tertiary/aromatic N) is 3. The van der Waals surface area contributed by atoms with Gasteiger partial charge in [0.15, 0.2) is 5.69 Å². The lowest BCUT2D eigenvalue weighted by atomic mass is 9.96. The summed E-state index contributed by atoms with van der Waals surface area (Å²) in [4.78, 5) is 12.1. The van der Waals surface area contributed by atoms with Crippen molar-refractivity contribution >= 4 is 21.9 Å². The first-order valence-corrected chi connectivity index (χ1v) is 8.37. The van der Waals surface area contributed by atoms with Crippen molar-refractivity contribution in [3.8, 4) is 0 Å². The summed E-state index contributed by atoms with van der Waals surface area (Å²) < 4.78 is 8.09. The highest BCUT2D eigenvalue weighted by atomic mass is 79.9. The number of ether oxygens (including phenoxy) is 1. The van der Waals surface area contributed by atoms with Crippen LogP contribution in [0.1, 0.15) is 56.7 Å². The van der Waals surface area contributed by atoms with Crippen LogP contribution >= 0.6 is 15.9 Å². The quantitative estimate of drug-likeness (QED) is 0.745. The number of hydrogen-bond donors (Lipinski definition) is 0. The van der Waals surface area contributed by atoms with Gasteiger partial charge in [0.25, 0.3) is 0 Å². The van der Waals surface area contributed by atoms with E-state index in [0.29, 0.717) is 5.92 Å². The van der Waals surface area contributed by atoms with E-state index in [1.807, 2.05) is 45.0 Å². The van der Waals surface area contributed by atoms with Gasteiger partial charge in [-0.05, 0) is 44.4 Å².